The highest BCUT2D eigenvalue weighted by Gasteiger charge is 2.19. The molecule has 0 amide bonds. The van der Waals surface area contributed by atoms with Crippen LogP contribution in [0, 0.1) is 5.92 Å². The van der Waals surface area contributed by atoms with Crippen molar-refractivity contribution < 1.29 is 0 Å². The lowest BCUT2D eigenvalue weighted by Crippen LogP contribution is -2.35. The molecule has 0 radical (unpaired) electrons. The fourth-order valence-corrected chi connectivity index (χ4v) is 2.73. The van der Waals surface area contributed by atoms with Gasteiger partial charge in [-0.3, -0.25) is 0 Å². The highest BCUT2D eigenvalue weighted by atomic mass is 35.5. The number of hydrogen-bond acceptors (Lipinski definition) is 2. The molecule has 0 aromatic heterocycles. The lowest BCUT2D eigenvalue weighted by atomic mass is 9.99. The average molecular weight is 269 g/mol. The van der Waals surface area contributed by atoms with Crippen molar-refractivity contribution in [3.05, 3.63) is 28.8 Å². The fraction of sp³-hybridized carbons (Fsp3) is 0.462. The van der Waals surface area contributed by atoms with E-state index in [2.05, 4.69) is 11.8 Å². The second kappa shape index (κ2) is 5.23. The van der Waals surface area contributed by atoms with E-state index in [1.165, 1.54) is 12.8 Å². The van der Waals surface area contributed by atoms with E-state index in [0.29, 0.717) is 10.0 Å². The van der Waals surface area contributed by atoms with Gasteiger partial charge in [0, 0.05) is 29.4 Å². The highest BCUT2D eigenvalue weighted by Crippen LogP contribution is 2.28. The van der Waals surface area contributed by atoms with Crippen LogP contribution in [0.1, 0.15) is 25.3 Å². The number of anilines is 1. The zero-order chi connectivity index (χ0) is 12.4. The Morgan fingerprint density at radius 2 is 2.29 bits per heavy atom. The summed E-state index contributed by atoms with van der Waals surface area (Å²) in [5, 5.41) is 0.682. The van der Waals surface area contributed by atoms with Gasteiger partial charge in [-0.1, -0.05) is 30.7 Å². The van der Waals surface area contributed by atoms with Crippen LogP contribution in [-0.2, 0) is 0 Å². The first-order chi connectivity index (χ1) is 8.08. The van der Waals surface area contributed by atoms with Crippen LogP contribution in [0.25, 0.3) is 0 Å². The predicted octanol–water partition coefficient (Wildman–Crippen LogP) is 3.21. The van der Waals surface area contributed by atoms with Crippen LogP contribution in [0.3, 0.4) is 0 Å². The van der Waals surface area contributed by atoms with Crippen molar-refractivity contribution in [2.45, 2.75) is 19.8 Å². The second-order valence-corrected chi connectivity index (χ2v) is 5.60. The van der Waals surface area contributed by atoms with Crippen LogP contribution in [0.4, 0.5) is 5.69 Å². The van der Waals surface area contributed by atoms with Gasteiger partial charge in [0.05, 0.1) is 0 Å². The molecule has 2 N–H and O–H groups in total. The van der Waals surface area contributed by atoms with Gasteiger partial charge in [-0.15, -0.1) is 0 Å². The molecule has 17 heavy (non-hydrogen) atoms. The van der Waals surface area contributed by atoms with Gasteiger partial charge in [-0.25, -0.2) is 0 Å². The molecule has 1 aliphatic heterocycles. The monoisotopic (exact) mass is 268 g/mol. The quantitative estimate of drug-likeness (QED) is 0.836. The number of hydrogen-bond donors (Lipinski definition) is 1. The van der Waals surface area contributed by atoms with E-state index >= 15 is 0 Å². The van der Waals surface area contributed by atoms with Gasteiger partial charge in [0.1, 0.15) is 4.99 Å². The summed E-state index contributed by atoms with van der Waals surface area (Å²) in [5.74, 6) is 0.721. The van der Waals surface area contributed by atoms with Crippen molar-refractivity contribution in [1.29, 1.82) is 0 Å². The minimum absolute atomic E-state index is 0.417. The Labute approximate surface area is 113 Å². The average Bonchev–Trinajstić information content (AvgIpc) is 2.28. The lowest BCUT2D eigenvalue weighted by Gasteiger charge is -2.34. The van der Waals surface area contributed by atoms with Crippen LogP contribution in [0.2, 0.25) is 5.02 Å². The van der Waals surface area contributed by atoms with Gasteiger partial charge in [0.25, 0.3) is 0 Å². The Balaban J connectivity index is 2.33. The molecule has 2 rings (SSSR count). The number of rotatable bonds is 2. The van der Waals surface area contributed by atoms with Crippen LogP contribution in [0.5, 0.6) is 0 Å². The molecule has 4 heteroatoms. The molecular weight excluding hydrogens is 252 g/mol. The summed E-state index contributed by atoms with van der Waals surface area (Å²) < 4.78 is 0. The van der Waals surface area contributed by atoms with E-state index in [-0.39, 0.29) is 0 Å². The molecule has 1 fully saturated rings. The maximum atomic E-state index is 5.99. The summed E-state index contributed by atoms with van der Waals surface area (Å²) in [5.41, 5.74) is 7.78. The third kappa shape index (κ3) is 2.90. The molecule has 0 spiro atoms. The molecular formula is C13H17ClN2S. The maximum Gasteiger partial charge on any atom is 0.106 e. The summed E-state index contributed by atoms with van der Waals surface area (Å²) in [6.07, 6.45) is 2.52. The summed E-state index contributed by atoms with van der Waals surface area (Å²) in [4.78, 5) is 2.78. The molecule has 0 bridgehead atoms. The Morgan fingerprint density at radius 1 is 1.53 bits per heavy atom. The molecule has 0 aliphatic carbocycles. The Bertz CT molecular complexity index is 433. The number of piperidine rings is 1. The van der Waals surface area contributed by atoms with Crippen LogP contribution < -0.4 is 10.6 Å². The maximum absolute atomic E-state index is 5.99. The third-order valence-electron chi connectivity index (χ3n) is 3.22. The predicted molar refractivity (Wildman–Crippen MR) is 78.0 cm³/mol. The first-order valence-corrected chi connectivity index (χ1v) is 6.71. The highest BCUT2D eigenvalue weighted by molar-refractivity contribution is 7.80. The zero-order valence-electron chi connectivity index (χ0n) is 9.95. The largest absolute Gasteiger partial charge is 0.389 e. The molecule has 92 valence electrons. The van der Waals surface area contributed by atoms with Crippen molar-refractivity contribution in [3.63, 3.8) is 0 Å². The molecule has 1 unspecified atom stereocenters. The van der Waals surface area contributed by atoms with Crippen LogP contribution in [0.15, 0.2) is 18.2 Å². The number of nitrogens with zero attached hydrogens (tertiary/aromatic N) is 1. The van der Waals surface area contributed by atoms with E-state index in [0.717, 1.165) is 30.3 Å². The van der Waals surface area contributed by atoms with Gasteiger partial charge in [-0.2, -0.15) is 0 Å². The van der Waals surface area contributed by atoms with E-state index < -0.39 is 0 Å². The fourth-order valence-electron chi connectivity index (χ4n) is 2.39. The summed E-state index contributed by atoms with van der Waals surface area (Å²) in [6, 6.07) is 5.78. The molecule has 1 heterocycles. The van der Waals surface area contributed by atoms with Crippen molar-refractivity contribution >= 4 is 34.5 Å². The number of thiocarbonyl (C=S) groups is 1. The van der Waals surface area contributed by atoms with Crippen molar-refractivity contribution in [3.8, 4) is 0 Å². The number of nitrogens with two attached hydrogens (primary N) is 1. The topological polar surface area (TPSA) is 29.3 Å². The van der Waals surface area contributed by atoms with Crippen molar-refractivity contribution in [2.24, 2.45) is 11.7 Å². The van der Waals surface area contributed by atoms with Gasteiger partial charge >= 0.3 is 0 Å². The van der Waals surface area contributed by atoms with E-state index in [4.69, 9.17) is 29.6 Å². The molecule has 1 aromatic carbocycles. The van der Waals surface area contributed by atoms with E-state index in [1.807, 2.05) is 18.2 Å². The summed E-state index contributed by atoms with van der Waals surface area (Å²) in [7, 11) is 0. The lowest BCUT2D eigenvalue weighted by molar-refractivity contribution is 0.447. The van der Waals surface area contributed by atoms with E-state index in [9.17, 15) is 0 Å². The second-order valence-electron chi connectivity index (χ2n) is 4.72. The normalized spacial score (nSPS) is 20.4. The van der Waals surface area contributed by atoms with Gasteiger partial charge in [0.15, 0.2) is 0 Å². The Hall–Kier alpha value is -0.800. The van der Waals surface area contributed by atoms with Gasteiger partial charge < -0.3 is 10.6 Å². The van der Waals surface area contributed by atoms with Crippen LogP contribution >= 0.6 is 23.8 Å². The minimum Gasteiger partial charge on any atom is -0.389 e. The number of benzene rings is 1. The number of halogens is 1. The summed E-state index contributed by atoms with van der Waals surface area (Å²) >= 11 is 11.1. The van der Waals surface area contributed by atoms with Crippen LogP contribution in [-0.4, -0.2) is 18.1 Å². The van der Waals surface area contributed by atoms with E-state index in [1.54, 1.807) is 0 Å². The smallest absolute Gasteiger partial charge is 0.106 e. The Morgan fingerprint density at radius 3 is 2.94 bits per heavy atom. The molecule has 2 nitrogen and oxygen atoms in total. The summed E-state index contributed by atoms with van der Waals surface area (Å²) in [6.45, 7) is 4.42. The molecule has 0 saturated carbocycles. The molecule has 1 atom stereocenters. The first-order valence-electron chi connectivity index (χ1n) is 5.92. The molecule has 1 aliphatic rings. The Kier molecular flexibility index (Phi) is 3.89. The first kappa shape index (κ1) is 12.7. The zero-order valence-corrected chi connectivity index (χ0v) is 11.5. The third-order valence-corrected chi connectivity index (χ3v) is 3.68. The van der Waals surface area contributed by atoms with Crippen molar-refractivity contribution in [2.75, 3.05) is 18.0 Å². The standard InChI is InChI=1S/C13H17ClN2S/c1-9-3-2-6-16(8-9)12-5-4-10(14)7-11(12)13(15)17/h4-5,7,9H,2-3,6,8H2,1H3,(H2,15,17). The van der Waals surface area contributed by atoms with Gasteiger partial charge in [0.2, 0.25) is 0 Å². The van der Waals surface area contributed by atoms with Crippen molar-refractivity contribution in [1.82, 2.24) is 0 Å². The minimum atomic E-state index is 0.417. The molecule has 1 aromatic rings. The SMILES string of the molecule is CC1CCCN(c2ccc(Cl)cc2C(N)=S)C1. The molecule has 1 saturated heterocycles. The van der Waals surface area contributed by atoms with Gasteiger partial charge in [-0.05, 0) is 37.0 Å².